The Morgan fingerprint density at radius 2 is 1.26 bits per heavy atom. The van der Waals surface area contributed by atoms with Gasteiger partial charge in [0.15, 0.2) is 0 Å². The third-order valence-electron chi connectivity index (χ3n) is 5.03. The number of benzene rings is 1. The summed E-state index contributed by atoms with van der Waals surface area (Å²) in [6.07, 6.45) is 15.7. The number of unbranched alkanes of at least 4 members (excludes halogenated alkanes) is 11. The van der Waals surface area contributed by atoms with Gasteiger partial charge in [0, 0.05) is 0 Å². The second kappa shape index (κ2) is 15.7. The van der Waals surface area contributed by atoms with E-state index in [9.17, 15) is 4.79 Å². The highest BCUT2D eigenvalue weighted by Gasteiger charge is 2.09. The molecule has 0 N–H and O–H groups in total. The average Bonchev–Trinajstić information content (AvgIpc) is 2.68. The fraction of sp³-hybridized carbons (Fsp3) is 0.708. The van der Waals surface area contributed by atoms with Crippen molar-refractivity contribution in [1.82, 2.24) is 0 Å². The van der Waals surface area contributed by atoms with Gasteiger partial charge in [0.2, 0.25) is 0 Å². The Morgan fingerprint density at radius 1 is 0.778 bits per heavy atom. The zero-order valence-electron chi connectivity index (χ0n) is 17.8. The highest BCUT2D eigenvalue weighted by Crippen LogP contribution is 2.15. The lowest BCUT2D eigenvalue weighted by molar-refractivity contribution is -0.241. The van der Waals surface area contributed by atoms with E-state index < -0.39 is 5.97 Å². The standard InChI is InChI=1S/C24H40O3/c1-4-5-6-7-8-9-10-11-12-13-14-15-20-26-27-24(25)23-18-16-22(17-19-23)21(2)3/h16-19,21H,4-15,20H2,1-3H3. The van der Waals surface area contributed by atoms with Crippen molar-refractivity contribution >= 4 is 5.97 Å². The topological polar surface area (TPSA) is 35.5 Å². The van der Waals surface area contributed by atoms with Crippen LogP contribution in [0.25, 0.3) is 0 Å². The van der Waals surface area contributed by atoms with Gasteiger partial charge in [0.05, 0.1) is 12.2 Å². The Hall–Kier alpha value is -1.35. The van der Waals surface area contributed by atoms with Crippen LogP contribution < -0.4 is 0 Å². The molecule has 0 unspecified atom stereocenters. The molecule has 0 radical (unpaired) electrons. The van der Waals surface area contributed by atoms with Crippen molar-refractivity contribution in [3.63, 3.8) is 0 Å². The fourth-order valence-electron chi connectivity index (χ4n) is 3.15. The summed E-state index contributed by atoms with van der Waals surface area (Å²) in [5.74, 6) is 0.0429. The summed E-state index contributed by atoms with van der Waals surface area (Å²) >= 11 is 0. The molecule has 0 aliphatic heterocycles. The fourth-order valence-corrected chi connectivity index (χ4v) is 3.15. The molecule has 0 fully saturated rings. The van der Waals surface area contributed by atoms with E-state index in [0.29, 0.717) is 18.1 Å². The summed E-state index contributed by atoms with van der Waals surface area (Å²) in [5.41, 5.74) is 1.75. The Kier molecular flexibility index (Phi) is 13.8. The molecule has 0 saturated carbocycles. The van der Waals surface area contributed by atoms with Gasteiger partial charge in [-0.15, -0.1) is 0 Å². The van der Waals surface area contributed by atoms with E-state index >= 15 is 0 Å². The minimum atomic E-state index is -0.413. The molecule has 3 nitrogen and oxygen atoms in total. The first-order valence-electron chi connectivity index (χ1n) is 11.1. The summed E-state index contributed by atoms with van der Waals surface area (Å²) < 4.78 is 0. The van der Waals surface area contributed by atoms with Crippen LogP contribution in [0.3, 0.4) is 0 Å². The van der Waals surface area contributed by atoms with Gasteiger partial charge in [0.1, 0.15) is 0 Å². The molecule has 0 aliphatic carbocycles. The average molecular weight is 377 g/mol. The number of carbonyl (C=O) groups excluding carboxylic acids is 1. The van der Waals surface area contributed by atoms with E-state index in [-0.39, 0.29) is 0 Å². The predicted molar refractivity (Wildman–Crippen MR) is 113 cm³/mol. The van der Waals surface area contributed by atoms with E-state index in [1.54, 1.807) is 12.1 Å². The molecule has 0 atom stereocenters. The molecule has 0 bridgehead atoms. The molecule has 3 heteroatoms. The van der Waals surface area contributed by atoms with Gasteiger partial charge < -0.3 is 0 Å². The number of rotatable bonds is 16. The molecular formula is C24H40O3. The van der Waals surface area contributed by atoms with E-state index in [1.165, 1.54) is 69.8 Å². The third-order valence-corrected chi connectivity index (χ3v) is 5.03. The van der Waals surface area contributed by atoms with E-state index in [2.05, 4.69) is 20.8 Å². The van der Waals surface area contributed by atoms with Crippen molar-refractivity contribution in [3.8, 4) is 0 Å². The van der Waals surface area contributed by atoms with Gasteiger partial charge in [-0.1, -0.05) is 104 Å². The zero-order valence-corrected chi connectivity index (χ0v) is 17.8. The van der Waals surface area contributed by atoms with Crippen molar-refractivity contribution in [2.45, 2.75) is 104 Å². The Balaban J connectivity index is 1.91. The number of carbonyl (C=O) groups is 1. The highest BCUT2D eigenvalue weighted by atomic mass is 17.2. The van der Waals surface area contributed by atoms with Crippen LogP contribution in [0.4, 0.5) is 0 Å². The van der Waals surface area contributed by atoms with E-state index in [1.807, 2.05) is 12.1 Å². The molecule has 154 valence electrons. The number of hydrogen-bond acceptors (Lipinski definition) is 3. The Morgan fingerprint density at radius 3 is 1.74 bits per heavy atom. The van der Waals surface area contributed by atoms with Crippen LogP contribution in [0, 0.1) is 0 Å². The molecule has 1 rings (SSSR count). The first-order chi connectivity index (χ1) is 13.1. The predicted octanol–water partition coefficient (Wildman–Crippen LogP) is 7.60. The van der Waals surface area contributed by atoms with Crippen molar-refractivity contribution in [2.75, 3.05) is 6.61 Å². The van der Waals surface area contributed by atoms with Crippen LogP contribution in [0.5, 0.6) is 0 Å². The van der Waals surface area contributed by atoms with Crippen molar-refractivity contribution in [2.24, 2.45) is 0 Å². The lowest BCUT2D eigenvalue weighted by Gasteiger charge is -2.07. The van der Waals surface area contributed by atoms with Crippen LogP contribution in [0.2, 0.25) is 0 Å². The maximum atomic E-state index is 11.9. The Labute approximate surface area is 166 Å². The second-order valence-corrected chi connectivity index (χ2v) is 7.86. The van der Waals surface area contributed by atoms with Crippen LogP contribution >= 0.6 is 0 Å². The molecule has 1 aromatic rings. The monoisotopic (exact) mass is 376 g/mol. The van der Waals surface area contributed by atoms with Crippen molar-refractivity contribution < 1.29 is 14.6 Å². The minimum Gasteiger partial charge on any atom is -0.293 e. The van der Waals surface area contributed by atoms with Crippen LogP contribution in [-0.4, -0.2) is 12.6 Å². The molecule has 0 aliphatic rings. The lowest BCUT2D eigenvalue weighted by atomic mass is 10.0. The summed E-state index contributed by atoms with van der Waals surface area (Å²) in [5, 5.41) is 0. The lowest BCUT2D eigenvalue weighted by Crippen LogP contribution is -2.07. The molecule has 27 heavy (non-hydrogen) atoms. The van der Waals surface area contributed by atoms with Gasteiger partial charge in [0.25, 0.3) is 0 Å². The molecular weight excluding hydrogens is 336 g/mol. The van der Waals surface area contributed by atoms with Crippen molar-refractivity contribution in [3.05, 3.63) is 35.4 Å². The normalized spacial score (nSPS) is 11.1. The maximum Gasteiger partial charge on any atom is 0.373 e. The summed E-state index contributed by atoms with van der Waals surface area (Å²) in [4.78, 5) is 21.9. The highest BCUT2D eigenvalue weighted by molar-refractivity contribution is 5.88. The van der Waals surface area contributed by atoms with Gasteiger partial charge in [-0.05, 0) is 30.0 Å². The summed E-state index contributed by atoms with van der Waals surface area (Å²) in [6.45, 7) is 7.00. The van der Waals surface area contributed by atoms with E-state index in [0.717, 1.165) is 12.8 Å². The van der Waals surface area contributed by atoms with Gasteiger partial charge in [-0.25, -0.2) is 4.79 Å². The Bertz CT molecular complexity index is 479. The minimum absolute atomic E-state index is 0.413. The molecule has 1 aromatic carbocycles. The smallest absolute Gasteiger partial charge is 0.293 e. The first-order valence-corrected chi connectivity index (χ1v) is 11.1. The molecule has 0 saturated heterocycles. The van der Waals surface area contributed by atoms with Gasteiger partial charge in [-0.2, -0.15) is 4.89 Å². The largest absolute Gasteiger partial charge is 0.373 e. The van der Waals surface area contributed by atoms with Gasteiger partial charge in [-0.3, -0.25) is 4.89 Å². The van der Waals surface area contributed by atoms with Crippen LogP contribution in [0.15, 0.2) is 24.3 Å². The SMILES string of the molecule is CCCCCCCCCCCCCCOOC(=O)c1ccc(C(C)C)cc1. The second-order valence-electron chi connectivity index (χ2n) is 7.86. The summed E-state index contributed by atoms with van der Waals surface area (Å²) in [7, 11) is 0. The molecule has 0 spiro atoms. The molecule has 0 heterocycles. The number of hydrogen-bond donors (Lipinski definition) is 0. The third kappa shape index (κ3) is 11.9. The molecule has 0 aromatic heterocycles. The van der Waals surface area contributed by atoms with Crippen molar-refractivity contribution in [1.29, 1.82) is 0 Å². The van der Waals surface area contributed by atoms with Gasteiger partial charge >= 0.3 is 5.97 Å². The first kappa shape index (κ1) is 23.7. The van der Waals surface area contributed by atoms with Crippen LogP contribution in [0.1, 0.15) is 120 Å². The quantitative estimate of drug-likeness (QED) is 0.169. The maximum absolute atomic E-state index is 11.9. The molecule has 0 amide bonds. The summed E-state index contributed by atoms with van der Waals surface area (Å²) in [6, 6.07) is 7.52. The van der Waals surface area contributed by atoms with Crippen LogP contribution in [-0.2, 0) is 9.78 Å². The van der Waals surface area contributed by atoms with E-state index in [4.69, 9.17) is 9.78 Å². The zero-order chi connectivity index (χ0) is 19.7.